The average Bonchev–Trinajstić information content (AvgIpc) is 3.05. The second-order valence-corrected chi connectivity index (χ2v) is 6.70. The maximum Gasteiger partial charge on any atom is 0.573 e. The van der Waals surface area contributed by atoms with Crippen LogP contribution in [-0.4, -0.2) is 17.3 Å². The summed E-state index contributed by atoms with van der Waals surface area (Å²) < 4.78 is 41.4. The van der Waals surface area contributed by atoms with Crippen molar-refractivity contribution >= 4 is 28.1 Å². The lowest BCUT2D eigenvalue weighted by Crippen LogP contribution is -2.18. The first kappa shape index (κ1) is 19.7. The van der Waals surface area contributed by atoms with Gasteiger partial charge in [0.1, 0.15) is 0 Å². The number of nitrogens with one attached hydrogen (secondary N) is 2. The molecule has 1 amide bonds. The number of benzene rings is 2. The van der Waals surface area contributed by atoms with E-state index in [0.29, 0.717) is 10.7 Å². The Morgan fingerprint density at radius 1 is 1.14 bits per heavy atom. The van der Waals surface area contributed by atoms with Gasteiger partial charge in [0.15, 0.2) is 10.9 Å². The Morgan fingerprint density at radius 2 is 1.86 bits per heavy atom. The largest absolute Gasteiger partial charge is 0.573 e. The highest BCUT2D eigenvalue weighted by Crippen LogP contribution is 2.30. The molecule has 3 aromatic rings. The predicted octanol–water partition coefficient (Wildman–Crippen LogP) is 5.21. The van der Waals surface area contributed by atoms with E-state index in [1.807, 2.05) is 12.3 Å². The summed E-state index contributed by atoms with van der Waals surface area (Å²) in [6, 6.07) is 12.5. The van der Waals surface area contributed by atoms with E-state index in [0.717, 1.165) is 11.3 Å². The number of carbonyl (C=O) groups excluding carboxylic acids is 1. The van der Waals surface area contributed by atoms with Crippen LogP contribution in [0.5, 0.6) is 5.75 Å². The lowest BCUT2D eigenvalue weighted by Gasteiger charge is -2.14. The van der Waals surface area contributed by atoms with Gasteiger partial charge < -0.3 is 10.1 Å². The Labute approximate surface area is 163 Å². The maximum absolute atomic E-state index is 12.5. The molecule has 2 N–H and O–H groups in total. The number of nitrogens with zero attached hydrogens (tertiary/aromatic N) is 1. The van der Waals surface area contributed by atoms with Crippen molar-refractivity contribution in [3.05, 3.63) is 70.7 Å². The monoisotopic (exact) mass is 407 g/mol. The average molecular weight is 407 g/mol. The fraction of sp³-hybridized carbons (Fsp3) is 0.158. The molecule has 0 aliphatic rings. The van der Waals surface area contributed by atoms with Gasteiger partial charge in [0.25, 0.3) is 5.91 Å². The van der Waals surface area contributed by atoms with Gasteiger partial charge in [-0.15, -0.1) is 24.5 Å². The zero-order chi connectivity index (χ0) is 20.1. The molecule has 0 radical (unpaired) electrons. The number of thiazole rings is 1. The molecule has 0 unspecified atom stereocenters. The summed E-state index contributed by atoms with van der Waals surface area (Å²) in [5, 5.41) is 7.99. The molecule has 0 aliphatic heterocycles. The van der Waals surface area contributed by atoms with Crippen LogP contribution < -0.4 is 15.4 Å². The van der Waals surface area contributed by atoms with Gasteiger partial charge in [-0.3, -0.25) is 10.1 Å². The molecule has 9 heteroatoms. The van der Waals surface area contributed by atoms with Gasteiger partial charge in [-0.05, 0) is 36.8 Å². The molecule has 0 spiro atoms. The van der Waals surface area contributed by atoms with Crippen LogP contribution in [0.2, 0.25) is 0 Å². The van der Waals surface area contributed by atoms with E-state index in [1.165, 1.54) is 29.5 Å². The molecule has 0 saturated carbocycles. The van der Waals surface area contributed by atoms with Crippen LogP contribution >= 0.6 is 11.3 Å². The first-order chi connectivity index (χ1) is 13.3. The predicted molar refractivity (Wildman–Crippen MR) is 102 cm³/mol. The summed E-state index contributed by atoms with van der Waals surface area (Å²) in [6.07, 6.45) is -4.76. The second-order valence-electron chi connectivity index (χ2n) is 5.84. The summed E-state index contributed by atoms with van der Waals surface area (Å²) >= 11 is 1.34. The summed E-state index contributed by atoms with van der Waals surface area (Å²) in [4.78, 5) is 16.4. The molecule has 3 rings (SSSR count). The number of carbonyl (C=O) groups is 1. The smallest absolute Gasteiger partial charge is 0.404 e. The lowest BCUT2D eigenvalue weighted by molar-refractivity contribution is -0.274. The van der Waals surface area contributed by atoms with E-state index in [9.17, 15) is 18.0 Å². The van der Waals surface area contributed by atoms with Crippen molar-refractivity contribution in [2.24, 2.45) is 0 Å². The van der Waals surface area contributed by atoms with Crippen molar-refractivity contribution in [2.45, 2.75) is 19.8 Å². The molecule has 5 nitrogen and oxygen atoms in total. The molecule has 0 bridgehead atoms. The minimum absolute atomic E-state index is 0.223. The van der Waals surface area contributed by atoms with Crippen LogP contribution in [0.25, 0.3) is 0 Å². The standard InChI is InChI=1S/C19H16F3N3O2S/c1-12-11-28-18(24-12)25-17(26)14-8-6-13(7-9-14)10-23-15-4-2-3-5-16(15)27-19(20,21)22/h2-9,11,23H,10H2,1H3,(H,24,25,26). The van der Waals surface area contributed by atoms with Gasteiger partial charge in [0.2, 0.25) is 0 Å². The van der Waals surface area contributed by atoms with Gasteiger partial charge >= 0.3 is 6.36 Å². The second kappa shape index (κ2) is 8.30. The molecule has 28 heavy (non-hydrogen) atoms. The number of aryl methyl sites for hydroxylation is 1. The third kappa shape index (κ3) is 5.46. The molecule has 0 atom stereocenters. The summed E-state index contributed by atoms with van der Waals surface area (Å²) in [7, 11) is 0. The van der Waals surface area contributed by atoms with Gasteiger partial charge in [-0.2, -0.15) is 0 Å². The van der Waals surface area contributed by atoms with Crippen LogP contribution in [0.1, 0.15) is 21.6 Å². The number of ether oxygens (including phenoxy) is 1. The van der Waals surface area contributed by atoms with E-state index < -0.39 is 6.36 Å². The number of para-hydroxylation sites is 2. The lowest BCUT2D eigenvalue weighted by atomic mass is 10.1. The Morgan fingerprint density at radius 3 is 2.50 bits per heavy atom. The number of amides is 1. The van der Waals surface area contributed by atoms with Gasteiger partial charge in [0, 0.05) is 17.5 Å². The molecule has 146 valence electrons. The Bertz CT molecular complexity index is 956. The van der Waals surface area contributed by atoms with Crippen molar-refractivity contribution in [1.29, 1.82) is 0 Å². The molecular formula is C19H16F3N3O2S. The van der Waals surface area contributed by atoms with Gasteiger partial charge in [0.05, 0.1) is 11.4 Å². The topological polar surface area (TPSA) is 63.2 Å². The number of alkyl halides is 3. The van der Waals surface area contributed by atoms with E-state index in [2.05, 4.69) is 20.4 Å². The van der Waals surface area contributed by atoms with Crippen LogP contribution in [0.15, 0.2) is 53.9 Å². The number of rotatable bonds is 6. The minimum atomic E-state index is -4.76. The van der Waals surface area contributed by atoms with Gasteiger partial charge in [-0.1, -0.05) is 24.3 Å². The van der Waals surface area contributed by atoms with Crippen LogP contribution in [0.3, 0.4) is 0 Å². The fourth-order valence-electron chi connectivity index (χ4n) is 2.38. The summed E-state index contributed by atoms with van der Waals surface area (Å²) in [5.41, 5.74) is 2.30. The number of anilines is 2. The zero-order valence-electron chi connectivity index (χ0n) is 14.7. The molecular weight excluding hydrogens is 391 g/mol. The fourth-order valence-corrected chi connectivity index (χ4v) is 3.06. The highest BCUT2D eigenvalue weighted by Gasteiger charge is 2.32. The summed E-state index contributed by atoms with van der Waals surface area (Å²) in [6.45, 7) is 2.11. The van der Waals surface area contributed by atoms with Gasteiger partial charge in [-0.25, -0.2) is 4.98 Å². The highest BCUT2D eigenvalue weighted by molar-refractivity contribution is 7.13. The normalized spacial score (nSPS) is 11.1. The van der Waals surface area contributed by atoms with Crippen molar-refractivity contribution < 1.29 is 22.7 Å². The van der Waals surface area contributed by atoms with Crippen LogP contribution in [0.4, 0.5) is 24.0 Å². The van der Waals surface area contributed by atoms with Crippen molar-refractivity contribution in [3.63, 3.8) is 0 Å². The van der Waals surface area contributed by atoms with E-state index in [-0.39, 0.29) is 23.9 Å². The number of hydrogen-bond acceptors (Lipinski definition) is 5. The first-order valence-electron chi connectivity index (χ1n) is 8.21. The number of aromatic nitrogens is 1. The Hall–Kier alpha value is -3.07. The SMILES string of the molecule is Cc1csc(NC(=O)c2ccc(CNc3ccccc3OC(F)(F)F)cc2)n1. The Kier molecular flexibility index (Phi) is 5.84. The molecule has 0 saturated heterocycles. The summed E-state index contributed by atoms with van der Waals surface area (Å²) in [5.74, 6) is -0.581. The quantitative estimate of drug-likeness (QED) is 0.589. The van der Waals surface area contributed by atoms with Crippen LogP contribution in [-0.2, 0) is 6.54 Å². The molecule has 1 aromatic heterocycles. The third-order valence-electron chi connectivity index (χ3n) is 3.65. The van der Waals surface area contributed by atoms with Crippen molar-refractivity contribution in [3.8, 4) is 5.75 Å². The molecule has 0 aliphatic carbocycles. The van der Waals surface area contributed by atoms with Crippen molar-refractivity contribution in [1.82, 2.24) is 4.98 Å². The van der Waals surface area contributed by atoms with Crippen LogP contribution in [0, 0.1) is 6.92 Å². The molecule has 1 heterocycles. The Balaban J connectivity index is 1.61. The minimum Gasteiger partial charge on any atom is -0.404 e. The van der Waals surface area contributed by atoms with E-state index in [1.54, 1.807) is 30.3 Å². The maximum atomic E-state index is 12.5. The molecule has 0 fully saturated rings. The number of halogens is 3. The molecule has 2 aromatic carbocycles. The van der Waals surface area contributed by atoms with E-state index in [4.69, 9.17) is 0 Å². The zero-order valence-corrected chi connectivity index (χ0v) is 15.5. The van der Waals surface area contributed by atoms with E-state index >= 15 is 0 Å². The third-order valence-corrected chi connectivity index (χ3v) is 4.53. The highest BCUT2D eigenvalue weighted by atomic mass is 32.1. The first-order valence-corrected chi connectivity index (χ1v) is 9.09. The van der Waals surface area contributed by atoms with Crippen molar-refractivity contribution in [2.75, 3.05) is 10.6 Å². The number of hydrogen-bond donors (Lipinski definition) is 2.